The molecule has 11 heteroatoms. The number of nitrogens with one attached hydrogen (secondary N) is 1. The van der Waals surface area contributed by atoms with Gasteiger partial charge in [0.2, 0.25) is 11.8 Å². The molecule has 0 aromatic heterocycles. The van der Waals surface area contributed by atoms with Gasteiger partial charge in [-0.15, -0.1) is 0 Å². The van der Waals surface area contributed by atoms with Crippen LogP contribution in [0.2, 0.25) is 15.1 Å². The van der Waals surface area contributed by atoms with Gasteiger partial charge >= 0.3 is 0 Å². The van der Waals surface area contributed by atoms with Gasteiger partial charge in [0.1, 0.15) is 12.6 Å². The SMILES string of the molecule is CCNC(=O)[C@H](Cc1ccccc1)N(Cc1ccccc1Cl)C(=O)CN(c1ccc(Cl)cc1Cl)S(=O)(=O)c1ccccc1. The summed E-state index contributed by atoms with van der Waals surface area (Å²) in [5.74, 6) is -1.01. The fourth-order valence-corrected chi connectivity index (χ4v) is 6.78. The Bertz CT molecular complexity index is 1670. The highest BCUT2D eigenvalue weighted by atomic mass is 35.5. The van der Waals surface area contributed by atoms with Crippen LogP contribution in [-0.2, 0) is 32.6 Å². The highest BCUT2D eigenvalue weighted by molar-refractivity contribution is 7.92. The fourth-order valence-electron chi connectivity index (χ4n) is 4.57. The standard InChI is InChI=1S/C32H30Cl3N3O4S/c1-2-36-32(40)30(19-23-11-5-3-6-12-23)37(21-24-13-9-10-16-27(24)34)31(39)22-38(29-18-17-25(33)20-28(29)35)43(41,42)26-14-7-4-8-15-26/h3-18,20,30H,2,19,21-22H2,1H3,(H,36,40)/t30-/m0/s1. The third kappa shape index (κ3) is 8.09. The number of hydrogen-bond donors (Lipinski definition) is 1. The summed E-state index contributed by atoms with van der Waals surface area (Å²) in [5.41, 5.74) is 1.49. The first-order valence-corrected chi connectivity index (χ1v) is 16.1. The summed E-state index contributed by atoms with van der Waals surface area (Å²) in [4.78, 5) is 29.2. The lowest BCUT2D eigenvalue weighted by atomic mass is 10.0. The molecule has 1 N–H and O–H groups in total. The highest BCUT2D eigenvalue weighted by Gasteiger charge is 2.35. The van der Waals surface area contributed by atoms with Crippen molar-refractivity contribution in [1.29, 1.82) is 0 Å². The van der Waals surface area contributed by atoms with E-state index in [1.165, 1.54) is 35.2 Å². The summed E-state index contributed by atoms with van der Waals surface area (Å²) >= 11 is 19.1. The Labute approximate surface area is 267 Å². The van der Waals surface area contributed by atoms with Crippen molar-refractivity contribution >= 4 is 62.3 Å². The van der Waals surface area contributed by atoms with Crippen molar-refractivity contribution in [2.75, 3.05) is 17.4 Å². The van der Waals surface area contributed by atoms with Gasteiger partial charge in [-0.3, -0.25) is 13.9 Å². The number of likely N-dealkylation sites (N-methyl/N-ethyl adjacent to an activating group) is 1. The number of amides is 2. The lowest BCUT2D eigenvalue weighted by molar-refractivity contribution is -0.140. The number of nitrogens with zero attached hydrogens (tertiary/aromatic N) is 2. The Balaban J connectivity index is 1.82. The normalized spacial score (nSPS) is 11.9. The van der Waals surface area contributed by atoms with E-state index in [1.807, 2.05) is 30.3 Å². The van der Waals surface area contributed by atoms with E-state index < -0.39 is 28.5 Å². The van der Waals surface area contributed by atoms with E-state index in [-0.39, 0.29) is 34.5 Å². The lowest BCUT2D eigenvalue weighted by Crippen LogP contribution is -2.53. The van der Waals surface area contributed by atoms with Crippen molar-refractivity contribution in [2.24, 2.45) is 0 Å². The summed E-state index contributed by atoms with van der Waals surface area (Å²) in [7, 11) is -4.28. The predicted octanol–water partition coefficient (Wildman–Crippen LogP) is 6.62. The fraction of sp³-hybridized carbons (Fsp3) is 0.188. The van der Waals surface area contributed by atoms with Crippen LogP contribution in [0.25, 0.3) is 0 Å². The first-order valence-electron chi connectivity index (χ1n) is 13.5. The lowest BCUT2D eigenvalue weighted by Gasteiger charge is -2.34. The van der Waals surface area contributed by atoms with Crippen LogP contribution in [0.1, 0.15) is 18.1 Å². The summed E-state index contributed by atoms with van der Waals surface area (Å²) < 4.78 is 28.9. The molecule has 0 unspecified atom stereocenters. The second kappa shape index (κ2) is 14.8. The van der Waals surface area contributed by atoms with Gasteiger partial charge in [-0.25, -0.2) is 8.42 Å². The number of benzene rings is 4. The van der Waals surface area contributed by atoms with Crippen molar-refractivity contribution in [1.82, 2.24) is 10.2 Å². The molecule has 2 amide bonds. The van der Waals surface area contributed by atoms with Crippen molar-refractivity contribution in [3.63, 3.8) is 0 Å². The van der Waals surface area contributed by atoms with E-state index in [4.69, 9.17) is 34.8 Å². The highest BCUT2D eigenvalue weighted by Crippen LogP contribution is 2.33. The number of sulfonamides is 1. The molecule has 0 aliphatic heterocycles. The first kappa shape index (κ1) is 32.4. The maximum atomic E-state index is 14.4. The smallest absolute Gasteiger partial charge is 0.264 e. The average molecular weight is 659 g/mol. The monoisotopic (exact) mass is 657 g/mol. The number of halogens is 3. The van der Waals surface area contributed by atoms with Gasteiger partial charge in [-0.05, 0) is 54.4 Å². The van der Waals surface area contributed by atoms with Gasteiger partial charge in [-0.1, -0.05) is 102 Å². The second-order valence-corrected chi connectivity index (χ2v) is 12.7. The molecule has 0 spiro atoms. The minimum Gasteiger partial charge on any atom is -0.355 e. The summed E-state index contributed by atoms with van der Waals surface area (Å²) in [6.45, 7) is 1.44. The van der Waals surface area contributed by atoms with Crippen LogP contribution in [-0.4, -0.2) is 44.3 Å². The van der Waals surface area contributed by atoms with Crippen LogP contribution in [0, 0.1) is 0 Å². The van der Waals surface area contributed by atoms with E-state index in [1.54, 1.807) is 49.4 Å². The Morgan fingerprint density at radius 2 is 1.44 bits per heavy atom. The topological polar surface area (TPSA) is 86.8 Å². The van der Waals surface area contributed by atoms with E-state index in [0.717, 1.165) is 9.87 Å². The molecule has 4 aromatic carbocycles. The quantitative estimate of drug-likeness (QED) is 0.185. The minimum absolute atomic E-state index is 0.0315. The zero-order valence-electron chi connectivity index (χ0n) is 23.3. The van der Waals surface area contributed by atoms with Crippen LogP contribution in [0.4, 0.5) is 5.69 Å². The van der Waals surface area contributed by atoms with Crippen LogP contribution >= 0.6 is 34.8 Å². The third-order valence-corrected chi connectivity index (χ3v) is 9.39. The third-order valence-electron chi connectivity index (χ3n) is 6.71. The average Bonchev–Trinajstić information content (AvgIpc) is 3.00. The molecule has 224 valence electrons. The molecule has 0 heterocycles. The second-order valence-electron chi connectivity index (χ2n) is 9.63. The van der Waals surface area contributed by atoms with E-state index >= 15 is 0 Å². The Morgan fingerprint density at radius 3 is 2.07 bits per heavy atom. The summed E-state index contributed by atoms with van der Waals surface area (Å²) in [6, 6.07) is 27.4. The number of rotatable bonds is 12. The summed E-state index contributed by atoms with van der Waals surface area (Å²) in [5, 5.41) is 3.58. The van der Waals surface area contributed by atoms with Gasteiger partial charge in [-0.2, -0.15) is 0 Å². The summed E-state index contributed by atoms with van der Waals surface area (Å²) in [6.07, 6.45) is 0.190. The molecule has 0 fully saturated rings. The molecule has 0 saturated heterocycles. The molecule has 0 aliphatic rings. The Morgan fingerprint density at radius 1 is 0.814 bits per heavy atom. The molecule has 0 radical (unpaired) electrons. The van der Waals surface area contributed by atoms with E-state index in [9.17, 15) is 18.0 Å². The molecule has 0 saturated carbocycles. The molecular weight excluding hydrogens is 629 g/mol. The minimum atomic E-state index is -4.28. The van der Waals surface area contributed by atoms with Crippen LogP contribution in [0.5, 0.6) is 0 Å². The van der Waals surface area contributed by atoms with Crippen molar-refractivity contribution in [2.45, 2.75) is 30.8 Å². The van der Waals surface area contributed by atoms with Crippen molar-refractivity contribution < 1.29 is 18.0 Å². The van der Waals surface area contributed by atoms with E-state index in [0.29, 0.717) is 22.2 Å². The number of carbonyl (C=O) groups is 2. The molecule has 0 bridgehead atoms. The molecule has 1 atom stereocenters. The van der Waals surface area contributed by atoms with Gasteiger partial charge in [0.05, 0.1) is 15.6 Å². The van der Waals surface area contributed by atoms with E-state index in [2.05, 4.69) is 5.32 Å². The number of carbonyl (C=O) groups excluding carboxylic acids is 2. The maximum absolute atomic E-state index is 14.4. The van der Waals surface area contributed by atoms with Crippen LogP contribution in [0.3, 0.4) is 0 Å². The zero-order chi connectivity index (χ0) is 31.0. The molecule has 43 heavy (non-hydrogen) atoms. The Hall–Kier alpha value is -3.56. The molecule has 7 nitrogen and oxygen atoms in total. The van der Waals surface area contributed by atoms with Gasteiger partial charge < -0.3 is 10.2 Å². The number of anilines is 1. The van der Waals surface area contributed by atoms with Crippen molar-refractivity contribution in [3.05, 3.63) is 129 Å². The molecule has 4 aromatic rings. The number of hydrogen-bond acceptors (Lipinski definition) is 4. The zero-order valence-corrected chi connectivity index (χ0v) is 26.4. The first-order chi connectivity index (χ1) is 20.6. The van der Waals surface area contributed by atoms with Gasteiger partial charge in [0.25, 0.3) is 10.0 Å². The van der Waals surface area contributed by atoms with Gasteiger partial charge in [0, 0.05) is 29.6 Å². The predicted molar refractivity (Wildman–Crippen MR) is 172 cm³/mol. The van der Waals surface area contributed by atoms with Crippen LogP contribution < -0.4 is 9.62 Å². The molecule has 4 rings (SSSR count). The van der Waals surface area contributed by atoms with Gasteiger partial charge in [0.15, 0.2) is 0 Å². The molecular formula is C32H30Cl3N3O4S. The van der Waals surface area contributed by atoms with Crippen molar-refractivity contribution in [3.8, 4) is 0 Å². The molecule has 0 aliphatic carbocycles. The maximum Gasteiger partial charge on any atom is 0.264 e. The van der Waals surface area contributed by atoms with Crippen LogP contribution in [0.15, 0.2) is 108 Å². The largest absolute Gasteiger partial charge is 0.355 e. The Kier molecular flexibility index (Phi) is 11.1.